The molecule has 0 unspecified atom stereocenters. The number of benzene rings is 2. The number of hydrogen-bond donors (Lipinski definition) is 1. The molecule has 0 spiro atoms. The van der Waals surface area contributed by atoms with Gasteiger partial charge >= 0.3 is 0 Å². The zero-order chi connectivity index (χ0) is 22.5. The summed E-state index contributed by atoms with van der Waals surface area (Å²) in [5.41, 5.74) is 2.30. The lowest BCUT2D eigenvalue weighted by molar-refractivity contribution is -0.385. The molecule has 0 fully saturated rings. The first-order valence-corrected chi connectivity index (χ1v) is 10.2. The smallest absolute Gasteiger partial charge is 0.278 e. The number of hydrogen-bond acceptors (Lipinski definition) is 8. The number of imidazole rings is 1. The Morgan fingerprint density at radius 2 is 1.97 bits per heavy atom. The molecule has 0 saturated carbocycles. The fraction of sp³-hybridized carbons (Fsp3) is 0.318. The van der Waals surface area contributed by atoms with Gasteiger partial charge in [0.2, 0.25) is 12.7 Å². The van der Waals surface area contributed by atoms with E-state index in [2.05, 4.69) is 10.3 Å². The Labute approximate surface area is 184 Å². The average molecular weight is 440 g/mol. The topological polar surface area (TPSA) is 110 Å². The highest BCUT2D eigenvalue weighted by molar-refractivity contribution is 5.63. The molecule has 2 heterocycles. The van der Waals surface area contributed by atoms with Crippen LogP contribution in [0, 0.1) is 10.1 Å². The number of nitrogens with zero attached hydrogens (tertiary/aromatic N) is 3. The van der Waals surface area contributed by atoms with Crippen LogP contribution in [-0.2, 0) is 17.8 Å². The summed E-state index contributed by atoms with van der Waals surface area (Å²) in [6, 6.07) is 10.8. The van der Waals surface area contributed by atoms with Gasteiger partial charge in [0.15, 0.2) is 11.5 Å². The van der Waals surface area contributed by atoms with Crippen LogP contribution in [0.25, 0.3) is 11.3 Å². The lowest BCUT2D eigenvalue weighted by Crippen LogP contribution is -2.12. The van der Waals surface area contributed by atoms with Gasteiger partial charge in [-0.3, -0.25) is 10.1 Å². The first-order chi connectivity index (χ1) is 15.6. The van der Waals surface area contributed by atoms with E-state index in [9.17, 15) is 10.1 Å². The Morgan fingerprint density at radius 3 is 2.66 bits per heavy atom. The highest BCUT2D eigenvalue weighted by Crippen LogP contribution is 2.38. The number of nitro benzene ring substituents is 1. The Kier molecular flexibility index (Phi) is 6.41. The maximum atomic E-state index is 11.5. The van der Waals surface area contributed by atoms with Crippen LogP contribution in [0.3, 0.4) is 0 Å². The van der Waals surface area contributed by atoms with E-state index in [1.807, 2.05) is 35.8 Å². The number of methoxy groups -OCH3 is 1. The van der Waals surface area contributed by atoms with Crippen LogP contribution < -0.4 is 19.5 Å². The molecule has 1 N–H and O–H groups in total. The minimum atomic E-state index is -0.429. The minimum Gasteiger partial charge on any atom is -0.494 e. The fourth-order valence-corrected chi connectivity index (χ4v) is 3.50. The Hall–Kier alpha value is -3.79. The highest BCUT2D eigenvalue weighted by atomic mass is 16.7. The van der Waals surface area contributed by atoms with Gasteiger partial charge in [0, 0.05) is 25.8 Å². The lowest BCUT2D eigenvalue weighted by atomic mass is 10.1. The first-order valence-electron chi connectivity index (χ1n) is 10.2. The molecule has 0 bridgehead atoms. The van der Waals surface area contributed by atoms with Gasteiger partial charge in [-0.15, -0.1) is 0 Å². The SMILES string of the molecule is CCOc1ccc(-c2cnc(NCc3cc4c(cc3[N+](=O)[O-])OCO4)n2CCOC)cc1. The molecule has 32 heavy (non-hydrogen) atoms. The van der Waals surface area contributed by atoms with Crippen molar-refractivity contribution in [1.29, 1.82) is 0 Å². The quantitative estimate of drug-likeness (QED) is 0.374. The molecule has 2 aromatic carbocycles. The number of aromatic nitrogens is 2. The van der Waals surface area contributed by atoms with Gasteiger partial charge in [-0.05, 0) is 37.3 Å². The standard InChI is InChI=1S/C22H24N4O6/c1-3-30-17-6-4-15(5-7-17)19-13-24-22(25(19)8-9-29-2)23-12-16-10-20-21(32-14-31-20)11-18(16)26(27)28/h4-7,10-11,13H,3,8-9,12,14H2,1-2H3,(H,23,24). The second kappa shape index (κ2) is 9.56. The summed E-state index contributed by atoms with van der Waals surface area (Å²) in [4.78, 5) is 15.6. The second-order valence-electron chi connectivity index (χ2n) is 7.01. The molecule has 1 aliphatic rings. The molecule has 10 nitrogen and oxygen atoms in total. The third-order valence-corrected chi connectivity index (χ3v) is 5.04. The maximum absolute atomic E-state index is 11.5. The zero-order valence-corrected chi connectivity index (χ0v) is 17.9. The summed E-state index contributed by atoms with van der Waals surface area (Å²) in [5, 5.41) is 14.8. The Morgan fingerprint density at radius 1 is 1.22 bits per heavy atom. The van der Waals surface area contributed by atoms with Crippen molar-refractivity contribution in [3.8, 4) is 28.5 Å². The number of fused-ring (bicyclic) bond motifs is 1. The molecule has 0 amide bonds. The summed E-state index contributed by atoms with van der Waals surface area (Å²) >= 11 is 0. The molecule has 0 radical (unpaired) electrons. The molecule has 168 valence electrons. The van der Waals surface area contributed by atoms with Crippen molar-refractivity contribution in [3.05, 3.63) is 58.3 Å². The molecule has 0 saturated heterocycles. The van der Waals surface area contributed by atoms with Gasteiger partial charge < -0.3 is 28.8 Å². The van der Waals surface area contributed by atoms with Gasteiger partial charge in [-0.25, -0.2) is 4.98 Å². The fourth-order valence-electron chi connectivity index (χ4n) is 3.50. The van der Waals surface area contributed by atoms with Crippen LogP contribution in [0.15, 0.2) is 42.6 Å². The summed E-state index contributed by atoms with van der Waals surface area (Å²) in [5.74, 6) is 2.25. The van der Waals surface area contributed by atoms with Crippen molar-refractivity contribution in [2.24, 2.45) is 0 Å². The summed E-state index contributed by atoms with van der Waals surface area (Å²) < 4.78 is 23.4. The lowest BCUT2D eigenvalue weighted by Gasteiger charge is -2.14. The largest absolute Gasteiger partial charge is 0.494 e. The predicted molar refractivity (Wildman–Crippen MR) is 117 cm³/mol. The van der Waals surface area contributed by atoms with Gasteiger partial charge in [0.25, 0.3) is 5.69 Å². The molecule has 4 rings (SSSR count). The van der Waals surface area contributed by atoms with Gasteiger partial charge in [0.1, 0.15) is 5.75 Å². The number of rotatable bonds is 10. The molecule has 1 aliphatic heterocycles. The Bertz CT molecular complexity index is 1100. The number of nitrogens with one attached hydrogen (secondary N) is 1. The van der Waals surface area contributed by atoms with E-state index >= 15 is 0 Å². The van der Waals surface area contributed by atoms with E-state index in [0.29, 0.717) is 42.8 Å². The minimum absolute atomic E-state index is 0.0384. The van der Waals surface area contributed by atoms with E-state index in [0.717, 1.165) is 17.0 Å². The molecule has 10 heteroatoms. The number of ether oxygens (including phenoxy) is 4. The molecule has 3 aromatic rings. The van der Waals surface area contributed by atoms with Gasteiger partial charge in [0.05, 0.1) is 41.7 Å². The molecule has 0 atom stereocenters. The van der Waals surface area contributed by atoms with E-state index in [1.165, 1.54) is 6.07 Å². The van der Waals surface area contributed by atoms with Crippen molar-refractivity contribution in [3.63, 3.8) is 0 Å². The van der Waals surface area contributed by atoms with Crippen molar-refractivity contribution >= 4 is 11.6 Å². The first kappa shape index (κ1) is 21.4. The molecular weight excluding hydrogens is 416 g/mol. The van der Waals surface area contributed by atoms with E-state index < -0.39 is 4.92 Å². The summed E-state index contributed by atoms with van der Waals surface area (Å²) in [7, 11) is 1.64. The van der Waals surface area contributed by atoms with Crippen molar-refractivity contribution < 1.29 is 23.9 Å². The second-order valence-corrected chi connectivity index (χ2v) is 7.01. The van der Waals surface area contributed by atoms with Crippen LogP contribution in [0.1, 0.15) is 12.5 Å². The van der Waals surface area contributed by atoms with Crippen LogP contribution in [0.5, 0.6) is 17.2 Å². The zero-order valence-electron chi connectivity index (χ0n) is 17.9. The van der Waals surface area contributed by atoms with Crippen LogP contribution >= 0.6 is 0 Å². The Balaban J connectivity index is 1.60. The molecule has 1 aromatic heterocycles. The predicted octanol–water partition coefficient (Wildman–Crippen LogP) is 3.84. The van der Waals surface area contributed by atoms with Crippen LogP contribution in [0.2, 0.25) is 0 Å². The highest BCUT2D eigenvalue weighted by Gasteiger charge is 2.23. The molecular formula is C22H24N4O6. The van der Waals surface area contributed by atoms with Crippen LogP contribution in [-0.4, -0.2) is 41.6 Å². The van der Waals surface area contributed by atoms with Gasteiger partial charge in [-0.1, -0.05) is 0 Å². The summed E-state index contributed by atoms with van der Waals surface area (Å²) in [6.45, 7) is 3.83. The normalized spacial score (nSPS) is 12.1. The van der Waals surface area contributed by atoms with Crippen molar-refractivity contribution in [1.82, 2.24) is 9.55 Å². The monoisotopic (exact) mass is 440 g/mol. The number of anilines is 1. The average Bonchev–Trinajstić information content (AvgIpc) is 3.42. The van der Waals surface area contributed by atoms with Crippen LogP contribution in [0.4, 0.5) is 11.6 Å². The molecule has 0 aliphatic carbocycles. The van der Waals surface area contributed by atoms with E-state index in [4.69, 9.17) is 18.9 Å². The van der Waals surface area contributed by atoms with E-state index in [1.54, 1.807) is 19.4 Å². The van der Waals surface area contributed by atoms with E-state index in [-0.39, 0.29) is 19.0 Å². The summed E-state index contributed by atoms with van der Waals surface area (Å²) in [6.07, 6.45) is 1.77. The van der Waals surface area contributed by atoms with Gasteiger partial charge in [-0.2, -0.15) is 0 Å². The number of nitro groups is 1. The third kappa shape index (κ3) is 4.45. The maximum Gasteiger partial charge on any atom is 0.278 e. The third-order valence-electron chi connectivity index (χ3n) is 5.04. The van der Waals surface area contributed by atoms with Crippen molar-refractivity contribution in [2.75, 3.05) is 32.4 Å². The van der Waals surface area contributed by atoms with Crippen molar-refractivity contribution in [2.45, 2.75) is 20.0 Å².